The third-order valence-corrected chi connectivity index (χ3v) is 3.37. The van der Waals surface area contributed by atoms with Crippen LogP contribution in [0.25, 0.3) is 0 Å². The molecule has 1 aromatic rings. The second-order valence-electron chi connectivity index (χ2n) is 5.08. The van der Waals surface area contributed by atoms with Gasteiger partial charge in [-0.05, 0) is 18.1 Å². The van der Waals surface area contributed by atoms with Crippen LogP contribution >= 0.6 is 0 Å². The molecule has 2 rings (SSSR count). The summed E-state index contributed by atoms with van der Waals surface area (Å²) in [7, 11) is 2.85. The van der Waals surface area contributed by atoms with Crippen molar-refractivity contribution in [1.82, 2.24) is 9.99 Å². The molecule has 0 saturated heterocycles. The molecule has 0 aromatic carbocycles. The molecule has 0 spiro atoms. The maximum atomic E-state index is 12.2. The van der Waals surface area contributed by atoms with Crippen molar-refractivity contribution in [2.45, 2.75) is 25.7 Å². The highest BCUT2D eigenvalue weighted by molar-refractivity contribution is 6.43. The van der Waals surface area contributed by atoms with Gasteiger partial charge in [-0.1, -0.05) is 0 Å². The number of hydrazone groups is 1. The van der Waals surface area contributed by atoms with E-state index in [-0.39, 0.29) is 30.6 Å². The van der Waals surface area contributed by atoms with Gasteiger partial charge in [-0.2, -0.15) is 5.10 Å². The number of amides is 2. The number of ether oxygens (including phenoxy) is 1. The Hall–Kier alpha value is -2.77. The number of hydrogen-bond donors (Lipinski definition) is 1. The van der Waals surface area contributed by atoms with Gasteiger partial charge in [-0.25, -0.2) is 5.01 Å². The number of pyridine rings is 1. The first-order valence-corrected chi connectivity index (χ1v) is 7.15. The summed E-state index contributed by atoms with van der Waals surface area (Å²) in [6.07, 6.45) is 4.43. The van der Waals surface area contributed by atoms with E-state index in [2.05, 4.69) is 20.1 Å². The molecule has 23 heavy (non-hydrogen) atoms. The number of nitrogens with zero attached hydrogens (tertiary/aromatic N) is 3. The lowest BCUT2D eigenvalue weighted by molar-refractivity contribution is -0.140. The van der Waals surface area contributed by atoms with Crippen LogP contribution < -0.4 is 5.32 Å². The molecule has 0 radical (unpaired) electrons. The van der Waals surface area contributed by atoms with Crippen LogP contribution in [-0.4, -0.2) is 47.6 Å². The Labute approximate surface area is 133 Å². The molecule has 2 amide bonds. The molecule has 1 aromatic heterocycles. The van der Waals surface area contributed by atoms with Gasteiger partial charge in [0.15, 0.2) is 0 Å². The molecule has 0 saturated carbocycles. The number of anilines is 1. The van der Waals surface area contributed by atoms with Crippen molar-refractivity contribution < 1.29 is 19.1 Å². The number of nitrogens with one attached hydrogen (secondary N) is 1. The zero-order valence-corrected chi connectivity index (χ0v) is 13.0. The quantitative estimate of drug-likeness (QED) is 0.807. The van der Waals surface area contributed by atoms with E-state index in [0.29, 0.717) is 24.2 Å². The van der Waals surface area contributed by atoms with E-state index in [9.17, 15) is 14.4 Å². The molecule has 2 heterocycles. The summed E-state index contributed by atoms with van der Waals surface area (Å²) < 4.78 is 4.59. The van der Waals surface area contributed by atoms with E-state index in [4.69, 9.17) is 0 Å². The standard InChI is InChI=1S/C15H18N4O4/c1-19-13(20)5-4-12(18-19)15(22)17-11-7-10(8-16-9-11)3-6-14(21)23-2/h7-9H,3-6H2,1-2H3,(H,17,22). The Balaban J connectivity index is 2.00. The number of aryl methyl sites for hydroxylation is 1. The number of esters is 1. The fourth-order valence-electron chi connectivity index (χ4n) is 2.08. The van der Waals surface area contributed by atoms with Gasteiger partial charge in [-0.15, -0.1) is 0 Å². The maximum Gasteiger partial charge on any atom is 0.305 e. The molecular weight excluding hydrogens is 300 g/mol. The Morgan fingerprint density at radius 2 is 2.13 bits per heavy atom. The third kappa shape index (κ3) is 4.60. The van der Waals surface area contributed by atoms with Crippen molar-refractivity contribution >= 4 is 29.2 Å². The summed E-state index contributed by atoms with van der Waals surface area (Å²) in [5, 5.41) is 7.83. The highest BCUT2D eigenvalue weighted by atomic mass is 16.5. The molecule has 0 fully saturated rings. The lowest BCUT2D eigenvalue weighted by Crippen LogP contribution is -2.34. The second kappa shape index (κ2) is 7.48. The van der Waals surface area contributed by atoms with Crippen LogP contribution in [0.1, 0.15) is 24.8 Å². The van der Waals surface area contributed by atoms with Gasteiger partial charge in [0.05, 0.1) is 19.0 Å². The van der Waals surface area contributed by atoms with Gasteiger partial charge < -0.3 is 10.1 Å². The van der Waals surface area contributed by atoms with Crippen molar-refractivity contribution in [2.24, 2.45) is 5.10 Å². The SMILES string of the molecule is COC(=O)CCc1cncc(NC(=O)C2=NN(C)C(=O)CC2)c1. The predicted octanol–water partition coefficient (Wildman–Crippen LogP) is 0.734. The summed E-state index contributed by atoms with van der Waals surface area (Å²) in [5.74, 6) is -0.784. The largest absolute Gasteiger partial charge is 0.469 e. The molecule has 1 N–H and O–H groups in total. The molecule has 0 bridgehead atoms. The van der Waals surface area contributed by atoms with E-state index in [1.165, 1.54) is 25.4 Å². The molecule has 8 nitrogen and oxygen atoms in total. The lowest BCUT2D eigenvalue weighted by Gasteiger charge is -2.18. The first-order chi connectivity index (χ1) is 11.0. The summed E-state index contributed by atoms with van der Waals surface area (Å²) in [6, 6.07) is 1.74. The van der Waals surface area contributed by atoms with Crippen LogP contribution in [-0.2, 0) is 25.5 Å². The van der Waals surface area contributed by atoms with E-state index >= 15 is 0 Å². The van der Waals surface area contributed by atoms with Crippen molar-refractivity contribution in [1.29, 1.82) is 0 Å². The van der Waals surface area contributed by atoms with E-state index in [1.54, 1.807) is 12.3 Å². The van der Waals surface area contributed by atoms with Crippen molar-refractivity contribution in [3.8, 4) is 0 Å². The number of carbonyl (C=O) groups excluding carboxylic acids is 3. The van der Waals surface area contributed by atoms with Gasteiger partial charge in [0, 0.05) is 32.5 Å². The van der Waals surface area contributed by atoms with Crippen molar-refractivity contribution in [3.05, 3.63) is 24.0 Å². The summed E-state index contributed by atoms with van der Waals surface area (Å²) in [5.41, 5.74) is 1.62. The highest BCUT2D eigenvalue weighted by Crippen LogP contribution is 2.13. The van der Waals surface area contributed by atoms with Gasteiger partial charge in [-0.3, -0.25) is 19.4 Å². The molecule has 1 aliphatic heterocycles. The van der Waals surface area contributed by atoms with Crippen molar-refractivity contribution in [3.63, 3.8) is 0 Å². The summed E-state index contributed by atoms with van der Waals surface area (Å²) in [6.45, 7) is 0. The third-order valence-electron chi connectivity index (χ3n) is 3.37. The molecule has 0 atom stereocenters. The number of rotatable bonds is 5. The molecule has 0 aliphatic carbocycles. The van der Waals surface area contributed by atoms with E-state index in [0.717, 1.165) is 5.56 Å². The van der Waals surface area contributed by atoms with Gasteiger partial charge in [0.2, 0.25) is 5.91 Å². The molecular formula is C15H18N4O4. The van der Waals surface area contributed by atoms with Gasteiger partial charge in [0.25, 0.3) is 5.91 Å². The monoisotopic (exact) mass is 318 g/mol. The second-order valence-corrected chi connectivity index (χ2v) is 5.08. The number of hydrogen-bond acceptors (Lipinski definition) is 6. The van der Waals surface area contributed by atoms with E-state index in [1.807, 2.05) is 0 Å². The maximum absolute atomic E-state index is 12.2. The minimum absolute atomic E-state index is 0.118. The van der Waals surface area contributed by atoms with E-state index < -0.39 is 0 Å². The average Bonchev–Trinajstić information content (AvgIpc) is 2.55. The fraction of sp³-hybridized carbons (Fsp3) is 0.400. The van der Waals surface area contributed by atoms with Gasteiger partial charge >= 0.3 is 5.97 Å². The Kier molecular flexibility index (Phi) is 5.40. The average molecular weight is 318 g/mol. The molecule has 8 heteroatoms. The lowest BCUT2D eigenvalue weighted by atomic mass is 10.1. The Bertz CT molecular complexity index is 657. The first-order valence-electron chi connectivity index (χ1n) is 7.15. The zero-order valence-electron chi connectivity index (χ0n) is 13.0. The molecule has 0 unspecified atom stereocenters. The topological polar surface area (TPSA) is 101 Å². The minimum atomic E-state index is -0.365. The first kappa shape index (κ1) is 16.6. The van der Waals surface area contributed by atoms with Gasteiger partial charge in [0.1, 0.15) is 5.71 Å². The van der Waals surface area contributed by atoms with Crippen molar-refractivity contribution in [2.75, 3.05) is 19.5 Å². The Morgan fingerprint density at radius 3 is 2.83 bits per heavy atom. The number of carbonyl (C=O) groups is 3. The zero-order chi connectivity index (χ0) is 16.8. The summed E-state index contributed by atoms with van der Waals surface area (Å²) in [4.78, 5) is 38.7. The highest BCUT2D eigenvalue weighted by Gasteiger charge is 2.22. The predicted molar refractivity (Wildman–Crippen MR) is 82.6 cm³/mol. The molecule has 122 valence electrons. The van der Waals surface area contributed by atoms with Crippen LogP contribution in [0.2, 0.25) is 0 Å². The number of aromatic nitrogens is 1. The van der Waals surface area contributed by atoms with Crippen LogP contribution in [0.4, 0.5) is 5.69 Å². The normalized spacial score (nSPS) is 14.3. The van der Waals surface area contributed by atoms with Crippen LogP contribution in [0.15, 0.2) is 23.6 Å². The Morgan fingerprint density at radius 1 is 1.35 bits per heavy atom. The number of methoxy groups -OCH3 is 1. The fourth-order valence-corrected chi connectivity index (χ4v) is 2.08. The van der Waals surface area contributed by atoms with Crippen LogP contribution in [0.5, 0.6) is 0 Å². The minimum Gasteiger partial charge on any atom is -0.469 e. The van der Waals surface area contributed by atoms with Crippen LogP contribution in [0, 0.1) is 0 Å². The summed E-state index contributed by atoms with van der Waals surface area (Å²) >= 11 is 0. The molecule has 1 aliphatic rings. The smallest absolute Gasteiger partial charge is 0.305 e. The van der Waals surface area contributed by atoms with Crippen LogP contribution in [0.3, 0.4) is 0 Å².